The lowest BCUT2D eigenvalue weighted by Gasteiger charge is -2.21. The molecule has 1 aliphatic rings. The maximum Gasteiger partial charge on any atom is 0.253 e. The van der Waals surface area contributed by atoms with Gasteiger partial charge in [0.2, 0.25) is 5.91 Å². The number of carbonyl (C=O) groups is 2. The third kappa shape index (κ3) is 3.63. The van der Waals surface area contributed by atoms with Gasteiger partial charge >= 0.3 is 0 Å². The quantitative estimate of drug-likeness (QED) is 0.929. The van der Waals surface area contributed by atoms with Crippen LogP contribution in [0.4, 0.5) is 5.69 Å². The molecule has 1 saturated carbocycles. The first-order valence-corrected chi connectivity index (χ1v) is 7.44. The first kappa shape index (κ1) is 15.5. The van der Waals surface area contributed by atoms with Crippen LogP contribution < -0.4 is 10.2 Å². The summed E-state index contributed by atoms with van der Waals surface area (Å²) >= 11 is 0. The highest BCUT2D eigenvalue weighted by molar-refractivity contribution is 6.04. The Morgan fingerprint density at radius 3 is 2.52 bits per heavy atom. The van der Waals surface area contributed by atoms with Crippen LogP contribution in [-0.2, 0) is 4.79 Å². The van der Waals surface area contributed by atoms with Gasteiger partial charge in [0.1, 0.15) is 0 Å². The number of amides is 2. The molecule has 1 aromatic carbocycles. The maximum atomic E-state index is 12.5. The van der Waals surface area contributed by atoms with Crippen molar-refractivity contribution in [3.8, 4) is 0 Å². The summed E-state index contributed by atoms with van der Waals surface area (Å²) in [6.07, 6.45) is 3.15. The summed E-state index contributed by atoms with van der Waals surface area (Å²) < 4.78 is 0. The van der Waals surface area contributed by atoms with Gasteiger partial charge in [0, 0.05) is 20.0 Å². The number of nitrogens with one attached hydrogen (secondary N) is 1. The van der Waals surface area contributed by atoms with E-state index < -0.39 is 0 Å². The van der Waals surface area contributed by atoms with Crippen molar-refractivity contribution < 1.29 is 9.59 Å². The van der Waals surface area contributed by atoms with E-state index in [9.17, 15) is 9.59 Å². The molecule has 0 aromatic heterocycles. The second kappa shape index (κ2) is 5.88. The molecule has 1 unspecified atom stereocenters. The third-order valence-electron chi connectivity index (χ3n) is 4.29. The number of rotatable bonds is 3. The van der Waals surface area contributed by atoms with Gasteiger partial charge in [0.05, 0.1) is 11.3 Å². The molecule has 2 rings (SSSR count). The van der Waals surface area contributed by atoms with Crippen LogP contribution in [0, 0.1) is 5.41 Å². The summed E-state index contributed by atoms with van der Waals surface area (Å²) in [4.78, 5) is 25.6. The van der Waals surface area contributed by atoms with Gasteiger partial charge in [-0.15, -0.1) is 0 Å². The Hall–Kier alpha value is -1.84. The predicted octanol–water partition coefficient (Wildman–Crippen LogP) is 2.98. The molecular formula is C17H24N2O2. The molecule has 0 saturated heterocycles. The zero-order valence-corrected chi connectivity index (χ0v) is 13.3. The SMILES string of the molecule is CC(=O)N(C)c1ccccc1C(=O)NC1CCC(C)(C)C1. The van der Waals surface area contributed by atoms with Crippen LogP contribution in [0.5, 0.6) is 0 Å². The van der Waals surface area contributed by atoms with Crippen LogP contribution in [0.25, 0.3) is 0 Å². The van der Waals surface area contributed by atoms with E-state index in [0.29, 0.717) is 16.7 Å². The Morgan fingerprint density at radius 1 is 1.29 bits per heavy atom. The smallest absolute Gasteiger partial charge is 0.253 e. The minimum Gasteiger partial charge on any atom is -0.349 e. The van der Waals surface area contributed by atoms with Crippen molar-refractivity contribution in [1.29, 1.82) is 0 Å². The molecule has 4 nitrogen and oxygen atoms in total. The van der Waals surface area contributed by atoms with Gasteiger partial charge in [-0.25, -0.2) is 0 Å². The van der Waals surface area contributed by atoms with E-state index in [2.05, 4.69) is 19.2 Å². The van der Waals surface area contributed by atoms with Crippen molar-refractivity contribution in [3.05, 3.63) is 29.8 Å². The lowest BCUT2D eigenvalue weighted by molar-refractivity contribution is -0.116. The number of para-hydroxylation sites is 1. The maximum absolute atomic E-state index is 12.5. The van der Waals surface area contributed by atoms with Crippen LogP contribution in [-0.4, -0.2) is 24.9 Å². The van der Waals surface area contributed by atoms with Crippen LogP contribution in [0.1, 0.15) is 50.4 Å². The molecule has 0 heterocycles. The summed E-state index contributed by atoms with van der Waals surface area (Å²) in [5, 5.41) is 3.11. The van der Waals surface area contributed by atoms with Crippen molar-refractivity contribution in [3.63, 3.8) is 0 Å². The zero-order valence-electron chi connectivity index (χ0n) is 13.3. The van der Waals surface area contributed by atoms with Crippen molar-refractivity contribution in [2.75, 3.05) is 11.9 Å². The van der Waals surface area contributed by atoms with Crippen molar-refractivity contribution in [1.82, 2.24) is 5.32 Å². The van der Waals surface area contributed by atoms with E-state index in [1.807, 2.05) is 12.1 Å². The highest BCUT2D eigenvalue weighted by atomic mass is 16.2. The molecule has 21 heavy (non-hydrogen) atoms. The average Bonchev–Trinajstić information content (AvgIpc) is 2.76. The first-order chi connectivity index (χ1) is 9.80. The molecule has 4 heteroatoms. The average molecular weight is 288 g/mol. The molecule has 1 atom stereocenters. The zero-order chi connectivity index (χ0) is 15.6. The lowest BCUT2D eigenvalue weighted by atomic mass is 9.92. The van der Waals surface area contributed by atoms with Crippen molar-refractivity contribution in [2.24, 2.45) is 5.41 Å². The summed E-state index contributed by atoms with van der Waals surface area (Å²) in [5.41, 5.74) is 1.51. The number of anilines is 1. The summed E-state index contributed by atoms with van der Waals surface area (Å²) in [6.45, 7) is 5.96. The van der Waals surface area contributed by atoms with Crippen LogP contribution in [0.2, 0.25) is 0 Å². The molecular weight excluding hydrogens is 264 g/mol. The highest BCUT2D eigenvalue weighted by Gasteiger charge is 2.32. The number of carbonyl (C=O) groups excluding carboxylic acids is 2. The molecule has 0 radical (unpaired) electrons. The molecule has 1 aliphatic carbocycles. The van der Waals surface area contributed by atoms with Gasteiger partial charge in [-0.3, -0.25) is 9.59 Å². The monoisotopic (exact) mass is 288 g/mol. The van der Waals surface area contributed by atoms with Crippen LogP contribution in [0.15, 0.2) is 24.3 Å². The number of benzene rings is 1. The minimum absolute atomic E-state index is 0.0859. The van der Waals surface area contributed by atoms with Gasteiger partial charge in [0.15, 0.2) is 0 Å². The normalized spacial score (nSPS) is 20.1. The summed E-state index contributed by atoms with van der Waals surface area (Å²) in [5.74, 6) is -0.182. The summed E-state index contributed by atoms with van der Waals surface area (Å²) in [7, 11) is 1.69. The van der Waals surface area contributed by atoms with E-state index in [0.717, 1.165) is 19.3 Å². The second-order valence-electron chi connectivity index (χ2n) is 6.67. The van der Waals surface area contributed by atoms with Crippen LogP contribution in [0.3, 0.4) is 0 Å². The van der Waals surface area contributed by atoms with Crippen molar-refractivity contribution >= 4 is 17.5 Å². The Bertz CT molecular complexity index is 551. The number of nitrogens with zero attached hydrogens (tertiary/aromatic N) is 1. The molecule has 1 fully saturated rings. The largest absolute Gasteiger partial charge is 0.349 e. The Kier molecular flexibility index (Phi) is 4.35. The molecule has 2 amide bonds. The molecule has 0 spiro atoms. The van der Waals surface area contributed by atoms with Gasteiger partial charge < -0.3 is 10.2 Å². The van der Waals surface area contributed by atoms with E-state index >= 15 is 0 Å². The molecule has 0 aliphatic heterocycles. The van der Waals surface area contributed by atoms with E-state index in [-0.39, 0.29) is 17.9 Å². The molecule has 0 bridgehead atoms. The van der Waals surface area contributed by atoms with E-state index in [4.69, 9.17) is 0 Å². The number of hydrogen-bond donors (Lipinski definition) is 1. The lowest BCUT2D eigenvalue weighted by Crippen LogP contribution is -2.35. The first-order valence-electron chi connectivity index (χ1n) is 7.44. The number of hydrogen-bond acceptors (Lipinski definition) is 2. The Morgan fingerprint density at radius 2 is 1.95 bits per heavy atom. The molecule has 1 N–H and O–H groups in total. The van der Waals surface area contributed by atoms with Crippen LogP contribution >= 0.6 is 0 Å². The fourth-order valence-corrected chi connectivity index (χ4v) is 2.95. The Labute approximate surface area is 126 Å². The molecule has 114 valence electrons. The van der Waals surface area contributed by atoms with E-state index in [1.165, 1.54) is 11.8 Å². The summed E-state index contributed by atoms with van der Waals surface area (Å²) in [6, 6.07) is 7.46. The fraction of sp³-hybridized carbons (Fsp3) is 0.529. The van der Waals surface area contributed by atoms with Gasteiger partial charge in [0.25, 0.3) is 5.91 Å². The minimum atomic E-state index is -0.0959. The second-order valence-corrected chi connectivity index (χ2v) is 6.67. The Balaban J connectivity index is 2.15. The van der Waals surface area contributed by atoms with Crippen molar-refractivity contribution in [2.45, 2.75) is 46.1 Å². The molecule has 1 aromatic rings. The van der Waals surface area contributed by atoms with Gasteiger partial charge in [-0.2, -0.15) is 0 Å². The fourth-order valence-electron chi connectivity index (χ4n) is 2.95. The topological polar surface area (TPSA) is 49.4 Å². The standard InChI is InChI=1S/C17H24N2O2/c1-12(20)19(4)15-8-6-5-7-14(15)16(21)18-13-9-10-17(2,3)11-13/h5-8,13H,9-11H2,1-4H3,(H,18,21). The van der Waals surface area contributed by atoms with Gasteiger partial charge in [-0.1, -0.05) is 26.0 Å². The highest BCUT2D eigenvalue weighted by Crippen LogP contribution is 2.37. The van der Waals surface area contributed by atoms with Gasteiger partial charge in [-0.05, 0) is 36.8 Å². The third-order valence-corrected chi connectivity index (χ3v) is 4.29. The predicted molar refractivity (Wildman–Crippen MR) is 84.4 cm³/mol. The van der Waals surface area contributed by atoms with E-state index in [1.54, 1.807) is 19.2 Å².